The highest BCUT2D eigenvalue weighted by Crippen LogP contribution is 2.21. The van der Waals surface area contributed by atoms with Crippen molar-refractivity contribution in [2.45, 2.75) is 32.5 Å². The Morgan fingerprint density at radius 1 is 1.06 bits per heavy atom. The summed E-state index contributed by atoms with van der Waals surface area (Å²) in [6.07, 6.45) is 7.17. The number of halogens is 1. The fraction of sp³-hybridized carbons (Fsp3) is 0.292. The summed E-state index contributed by atoms with van der Waals surface area (Å²) in [6, 6.07) is 16.6. The van der Waals surface area contributed by atoms with Gasteiger partial charge in [-0.05, 0) is 35.2 Å². The standard InChI is InChI=1S/C24H28N6O.HI/c1-25-24(27-15-19-7-9-22(10-8-19)30-12-3-6-23(30)31)28-16-20-4-2-5-21(14-20)17-29-13-11-26-18-29;/h2,4-5,7-11,13-14,18H,3,6,12,15-17H2,1H3,(H2,25,27,28);1H. The molecule has 2 heterocycles. The molecule has 1 amide bonds. The van der Waals surface area contributed by atoms with Crippen LogP contribution in [0.2, 0.25) is 0 Å². The molecule has 0 radical (unpaired) electrons. The third-order valence-corrected chi connectivity index (χ3v) is 5.38. The van der Waals surface area contributed by atoms with Crippen molar-refractivity contribution in [1.29, 1.82) is 0 Å². The molecule has 32 heavy (non-hydrogen) atoms. The normalized spacial score (nSPS) is 13.7. The molecule has 0 atom stereocenters. The molecule has 168 valence electrons. The topological polar surface area (TPSA) is 74.6 Å². The average Bonchev–Trinajstić information content (AvgIpc) is 3.46. The van der Waals surface area contributed by atoms with Gasteiger partial charge in [0.25, 0.3) is 0 Å². The maximum absolute atomic E-state index is 11.9. The number of benzene rings is 2. The lowest BCUT2D eigenvalue weighted by molar-refractivity contribution is -0.117. The van der Waals surface area contributed by atoms with Crippen molar-refractivity contribution in [2.75, 3.05) is 18.5 Å². The zero-order valence-corrected chi connectivity index (χ0v) is 20.5. The van der Waals surface area contributed by atoms with Gasteiger partial charge in [0, 0.05) is 57.7 Å². The van der Waals surface area contributed by atoms with Crippen molar-refractivity contribution in [3.63, 3.8) is 0 Å². The lowest BCUT2D eigenvalue weighted by Crippen LogP contribution is -2.36. The molecule has 0 bridgehead atoms. The lowest BCUT2D eigenvalue weighted by atomic mass is 10.1. The van der Waals surface area contributed by atoms with E-state index in [9.17, 15) is 4.79 Å². The number of nitrogens with zero attached hydrogens (tertiary/aromatic N) is 4. The lowest BCUT2D eigenvalue weighted by Gasteiger charge is -2.16. The Kier molecular flexibility index (Phi) is 8.66. The van der Waals surface area contributed by atoms with E-state index in [1.807, 2.05) is 29.6 Å². The number of amides is 1. The van der Waals surface area contributed by atoms with E-state index in [-0.39, 0.29) is 29.9 Å². The van der Waals surface area contributed by atoms with E-state index in [4.69, 9.17) is 0 Å². The predicted molar refractivity (Wildman–Crippen MR) is 138 cm³/mol. The SMILES string of the molecule is CN=C(NCc1ccc(N2CCCC2=O)cc1)NCc1cccc(Cn2ccnc2)c1.I. The van der Waals surface area contributed by atoms with Crippen LogP contribution in [0.5, 0.6) is 0 Å². The highest BCUT2D eigenvalue weighted by atomic mass is 127. The van der Waals surface area contributed by atoms with Gasteiger partial charge in [0.05, 0.1) is 6.33 Å². The highest BCUT2D eigenvalue weighted by molar-refractivity contribution is 14.0. The summed E-state index contributed by atoms with van der Waals surface area (Å²) >= 11 is 0. The molecule has 0 unspecified atom stereocenters. The fourth-order valence-electron chi connectivity index (χ4n) is 3.74. The maximum atomic E-state index is 11.9. The monoisotopic (exact) mass is 544 g/mol. The van der Waals surface area contributed by atoms with Crippen molar-refractivity contribution >= 4 is 41.5 Å². The van der Waals surface area contributed by atoms with Gasteiger partial charge >= 0.3 is 0 Å². The first-order valence-corrected chi connectivity index (χ1v) is 10.6. The van der Waals surface area contributed by atoms with Crippen LogP contribution in [-0.4, -0.2) is 35.0 Å². The maximum Gasteiger partial charge on any atom is 0.227 e. The number of anilines is 1. The van der Waals surface area contributed by atoms with Gasteiger partial charge in [-0.3, -0.25) is 9.79 Å². The summed E-state index contributed by atoms with van der Waals surface area (Å²) in [4.78, 5) is 22.2. The quantitative estimate of drug-likeness (QED) is 0.271. The van der Waals surface area contributed by atoms with Crippen LogP contribution < -0.4 is 15.5 Å². The molecule has 7 nitrogen and oxygen atoms in total. The van der Waals surface area contributed by atoms with Crippen LogP contribution in [0.15, 0.2) is 72.2 Å². The minimum Gasteiger partial charge on any atom is -0.352 e. The van der Waals surface area contributed by atoms with Crippen molar-refractivity contribution in [3.8, 4) is 0 Å². The van der Waals surface area contributed by atoms with E-state index >= 15 is 0 Å². The third-order valence-electron chi connectivity index (χ3n) is 5.38. The fourth-order valence-corrected chi connectivity index (χ4v) is 3.74. The zero-order chi connectivity index (χ0) is 21.5. The molecule has 0 aliphatic carbocycles. The van der Waals surface area contributed by atoms with E-state index in [0.717, 1.165) is 36.7 Å². The Labute approximate surface area is 206 Å². The van der Waals surface area contributed by atoms with Crippen LogP contribution >= 0.6 is 24.0 Å². The zero-order valence-electron chi connectivity index (χ0n) is 18.2. The van der Waals surface area contributed by atoms with Crippen molar-refractivity contribution < 1.29 is 4.79 Å². The van der Waals surface area contributed by atoms with E-state index in [0.29, 0.717) is 19.5 Å². The Morgan fingerprint density at radius 3 is 2.47 bits per heavy atom. The number of nitrogens with one attached hydrogen (secondary N) is 2. The predicted octanol–water partition coefficient (Wildman–Crippen LogP) is 3.54. The van der Waals surface area contributed by atoms with Gasteiger partial charge in [-0.2, -0.15) is 0 Å². The van der Waals surface area contributed by atoms with Crippen LogP contribution in [-0.2, 0) is 24.4 Å². The summed E-state index contributed by atoms with van der Waals surface area (Å²) in [7, 11) is 1.77. The Bertz CT molecular complexity index is 1030. The number of guanidine groups is 1. The Hall–Kier alpha value is -2.88. The van der Waals surface area contributed by atoms with E-state index in [1.165, 1.54) is 11.1 Å². The van der Waals surface area contributed by atoms with Gasteiger partial charge < -0.3 is 20.1 Å². The second-order valence-electron chi connectivity index (χ2n) is 7.65. The van der Waals surface area contributed by atoms with Gasteiger partial charge in [-0.15, -0.1) is 24.0 Å². The molecule has 1 aliphatic rings. The molecular weight excluding hydrogens is 515 g/mol. The minimum absolute atomic E-state index is 0. The molecule has 4 rings (SSSR count). The van der Waals surface area contributed by atoms with E-state index < -0.39 is 0 Å². The van der Waals surface area contributed by atoms with Crippen LogP contribution in [0.4, 0.5) is 5.69 Å². The molecule has 1 aromatic heterocycles. The first kappa shape index (κ1) is 23.8. The second kappa shape index (κ2) is 11.7. The van der Waals surface area contributed by atoms with Crippen LogP contribution in [0.25, 0.3) is 0 Å². The van der Waals surface area contributed by atoms with Crippen molar-refractivity contribution in [3.05, 3.63) is 83.9 Å². The van der Waals surface area contributed by atoms with Crippen LogP contribution in [0.1, 0.15) is 29.5 Å². The molecule has 1 fully saturated rings. The largest absolute Gasteiger partial charge is 0.352 e. The van der Waals surface area contributed by atoms with E-state index in [1.54, 1.807) is 13.2 Å². The van der Waals surface area contributed by atoms with Gasteiger partial charge in [-0.1, -0.05) is 36.4 Å². The van der Waals surface area contributed by atoms with E-state index in [2.05, 4.69) is 61.6 Å². The number of carbonyl (C=O) groups is 1. The molecule has 2 N–H and O–H groups in total. The number of hydrogen-bond acceptors (Lipinski definition) is 3. The Balaban J connectivity index is 0.00000289. The summed E-state index contributed by atoms with van der Waals surface area (Å²) in [5, 5.41) is 6.72. The van der Waals surface area contributed by atoms with Gasteiger partial charge in [-0.25, -0.2) is 4.98 Å². The first-order chi connectivity index (χ1) is 15.2. The molecule has 8 heteroatoms. The second-order valence-corrected chi connectivity index (χ2v) is 7.65. The van der Waals surface area contributed by atoms with Crippen molar-refractivity contribution in [2.24, 2.45) is 4.99 Å². The summed E-state index contributed by atoms with van der Waals surface area (Å²) in [5.74, 6) is 0.961. The molecule has 3 aromatic rings. The number of imidazole rings is 1. The number of aliphatic imine (C=N–C) groups is 1. The molecule has 2 aromatic carbocycles. The highest BCUT2D eigenvalue weighted by Gasteiger charge is 2.21. The third kappa shape index (κ3) is 6.32. The van der Waals surface area contributed by atoms with Gasteiger partial charge in [0.2, 0.25) is 5.91 Å². The number of aromatic nitrogens is 2. The number of hydrogen-bond donors (Lipinski definition) is 2. The molecule has 1 saturated heterocycles. The minimum atomic E-state index is 0. The molecule has 0 saturated carbocycles. The van der Waals surface area contributed by atoms with Crippen LogP contribution in [0, 0.1) is 0 Å². The van der Waals surface area contributed by atoms with Gasteiger partial charge in [0.15, 0.2) is 5.96 Å². The summed E-state index contributed by atoms with van der Waals surface area (Å²) < 4.78 is 2.05. The average molecular weight is 544 g/mol. The van der Waals surface area contributed by atoms with Gasteiger partial charge in [0.1, 0.15) is 0 Å². The molecule has 1 aliphatic heterocycles. The summed E-state index contributed by atoms with van der Waals surface area (Å²) in [6.45, 7) is 2.97. The smallest absolute Gasteiger partial charge is 0.227 e. The number of rotatable bonds is 7. The van der Waals surface area contributed by atoms with Crippen LogP contribution in [0.3, 0.4) is 0 Å². The molecular formula is C24H29IN6O. The Morgan fingerprint density at radius 2 is 1.81 bits per heavy atom. The summed E-state index contributed by atoms with van der Waals surface area (Å²) in [5.41, 5.74) is 4.54. The first-order valence-electron chi connectivity index (χ1n) is 10.6. The number of carbonyl (C=O) groups excluding carboxylic acids is 1. The van der Waals surface area contributed by atoms with Crippen molar-refractivity contribution in [1.82, 2.24) is 20.2 Å². The molecule has 0 spiro atoms.